The quantitative estimate of drug-likeness (QED) is 0.389. The van der Waals surface area contributed by atoms with Crippen LogP contribution < -0.4 is 5.32 Å². The van der Waals surface area contributed by atoms with Crippen molar-refractivity contribution in [2.24, 2.45) is 5.92 Å². The molecule has 3 aromatic rings. The maximum absolute atomic E-state index is 12.3. The molecule has 1 heterocycles. The van der Waals surface area contributed by atoms with Gasteiger partial charge in [0.15, 0.2) is 0 Å². The van der Waals surface area contributed by atoms with Crippen LogP contribution in [-0.4, -0.2) is 34.4 Å². The van der Waals surface area contributed by atoms with Gasteiger partial charge in [0, 0.05) is 10.9 Å². The van der Waals surface area contributed by atoms with Crippen LogP contribution in [-0.2, 0) is 9.47 Å². The normalized spacial score (nSPS) is 11.4. The fourth-order valence-electron chi connectivity index (χ4n) is 3.03. The number of nitrogens with one attached hydrogen (secondary N) is 1. The van der Waals surface area contributed by atoms with E-state index in [1.165, 1.54) is 6.07 Å². The van der Waals surface area contributed by atoms with Crippen LogP contribution in [0.15, 0.2) is 48.5 Å². The number of fused-ring (bicyclic) bond motifs is 1. The smallest absolute Gasteiger partial charge is 0.412 e. The molecular formula is C25H28N2O5. The number of benzene rings is 2. The fourth-order valence-corrected chi connectivity index (χ4v) is 3.03. The summed E-state index contributed by atoms with van der Waals surface area (Å²) in [5, 5.41) is 14.5. The summed E-state index contributed by atoms with van der Waals surface area (Å²) in [4.78, 5) is 29.0. The van der Waals surface area contributed by atoms with Gasteiger partial charge in [-0.1, -0.05) is 38.1 Å². The van der Waals surface area contributed by atoms with Gasteiger partial charge in [-0.15, -0.1) is 0 Å². The summed E-state index contributed by atoms with van der Waals surface area (Å²) in [5.41, 5.74) is 1.06. The molecule has 2 aromatic carbocycles. The minimum Gasteiger partial charge on any atom is -0.506 e. The number of anilines is 1. The fraction of sp³-hybridized carbons (Fsp3) is 0.320. The molecule has 0 radical (unpaired) electrons. The number of rotatable bonds is 5. The monoisotopic (exact) mass is 436 g/mol. The van der Waals surface area contributed by atoms with Crippen LogP contribution in [0, 0.1) is 5.92 Å². The first-order valence-corrected chi connectivity index (χ1v) is 10.4. The number of phenolic OH excluding ortho intramolecular Hbond substituents is 1. The Morgan fingerprint density at radius 1 is 1.09 bits per heavy atom. The molecule has 0 aliphatic rings. The largest absolute Gasteiger partial charge is 0.506 e. The number of aromatic nitrogens is 1. The van der Waals surface area contributed by atoms with Crippen molar-refractivity contribution in [2.75, 3.05) is 11.9 Å². The number of nitrogens with zero attached hydrogens (tertiary/aromatic N) is 1. The highest BCUT2D eigenvalue weighted by atomic mass is 16.6. The van der Waals surface area contributed by atoms with Gasteiger partial charge in [0.25, 0.3) is 0 Å². The van der Waals surface area contributed by atoms with E-state index in [1.807, 2.05) is 26.0 Å². The minimum absolute atomic E-state index is 0.0838. The molecule has 0 saturated carbocycles. The second-order valence-electron chi connectivity index (χ2n) is 8.92. The molecule has 7 heteroatoms. The lowest BCUT2D eigenvalue weighted by molar-refractivity contribution is 0.0451. The van der Waals surface area contributed by atoms with Gasteiger partial charge in [-0.3, -0.25) is 5.32 Å². The minimum atomic E-state index is -0.677. The molecule has 0 spiro atoms. The van der Waals surface area contributed by atoms with Crippen LogP contribution in [0.5, 0.6) is 5.75 Å². The molecule has 3 rings (SSSR count). The number of carbonyl (C=O) groups is 2. The Kier molecular flexibility index (Phi) is 6.67. The topological polar surface area (TPSA) is 97.8 Å². The van der Waals surface area contributed by atoms with Crippen molar-refractivity contribution in [3.8, 4) is 17.0 Å². The summed E-state index contributed by atoms with van der Waals surface area (Å²) in [6.45, 7) is 9.53. The first kappa shape index (κ1) is 23.1. The highest BCUT2D eigenvalue weighted by molar-refractivity contribution is 6.04. The molecule has 1 amide bonds. The summed E-state index contributed by atoms with van der Waals surface area (Å²) >= 11 is 0. The Morgan fingerprint density at radius 2 is 1.81 bits per heavy atom. The zero-order valence-corrected chi connectivity index (χ0v) is 18.9. The third kappa shape index (κ3) is 5.75. The highest BCUT2D eigenvalue weighted by Crippen LogP contribution is 2.35. The van der Waals surface area contributed by atoms with Crippen molar-refractivity contribution in [1.29, 1.82) is 0 Å². The zero-order chi connectivity index (χ0) is 23.5. The van der Waals surface area contributed by atoms with Gasteiger partial charge < -0.3 is 14.6 Å². The van der Waals surface area contributed by atoms with Crippen molar-refractivity contribution < 1.29 is 24.2 Å². The molecule has 0 saturated heterocycles. The average molecular weight is 437 g/mol. The van der Waals surface area contributed by atoms with Crippen molar-refractivity contribution in [1.82, 2.24) is 4.98 Å². The molecule has 0 atom stereocenters. The van der Waals surface area contributed by atoms with Crippen LogP contribution in [0.4, 0.5) is 10.5 Å². The Balaban J connectivity index is 1.96. The number of ether oxygens (including phenoxy) is 2. The molecule has 0 aliphatic heterocycles. The Bertz CT molecular complexity index is 1150. The van der Waals surface area contributed by atoms with E-state index < -0.39 is 17.7 Å². The molecule has 0 fully saturated rings. The molecule has 2 N–H and O–H groups in total. The predicted octanol–water partition coefficient (Wildman–Crippen LogP) is 5.77. The highest BCUT2D eigenvalue weighted by Gasteiger charge is 2.19. The summed E-state index contributed by atoms with van der Waals surface area (Å²) < 4.78 is 10.6. The van der Waals surface area contributed by atoms with Gasteiger partial charge in [0.05, 0.1) is 18.0 Å². The Morgan fingerprint density at radius 3 is 2.50 bits per heavy atom. The maximum Gasteiger partial charge on any atom is 0.412 e. The predicted molar refractivity (Wildman–Crippen MR) is 124 cm³/mol. The first-order valence-electron chi connectivity index (χ1n) is 10.4. The SMILES string of the molecule is CC(C)COC(=O)c1cccc(-c2ccc3ccc(O)c(NC(=O)OC(C)(C)C)c3c2)n1. The number of pyridine rings is 1. The molecule has 0 unspecified atom stereocenters. The van der Waals surface area contributed by atoms with Crippen molar-refractivity contribution in [2.45, 2.75) is 40.2 Å². The lowest BCUT2D eigenvalue weighted by Crippen LogP contribution is -2.27. The lowest BCUT2D eigenvalue weighted by atomic mass is 10.0. The first-order chi connectivity index (χ1) is 15.0. The van der Waals surface area contributed by atoms with Crippen LogP contribution in [0.2, 0.25) is 0 Å². The van der Waals surface area contributed by atoms with E-state index in [4.69, 9.17) is 9.47 Å². The van der Waals surface area contributed by atoms with E-state index in [1.54, 1.807) is 51.1 Å². The third-order valence-corrected chi connectivity index (χ3v) is 4.43. The molecule has 7 nitrogen and oxygen atoms in total. The van der Waals surface area contributed by atoms with Gasteiger partial charge >= 0.3 is 12.1 Å². The van der Waals surface area contributed by atoms with Crippen LogP contribution in [0.3, 0.4) is 0 Å². The standard InChI is InChI=1S/C25H28N2O5/c1-15(2)14-31-23(29)20-8-6-7-19(26-20)17-10-9-16-11-12-21(28)22(18(16)13-17)27-24(30)32-25(3,4)5/h6-13,15,28H,14H2,1-5H3,(H,27,30). The van der Waals surface area contributed by atoms with Gasteiger partial charge in [0.1, 0.15) is 17.0 Å². The van der Waals surface area contributed by atoms with Crippen LogP contribution in [0.25, 0.3) is 22.0 Å². The summed E-state index contributed by atoms with van der Waals surface area (Å²) in [5.74, 6) is -0.336. The van der Waals surface area contributed by atoms with Crippen molar-refractivity contribution in [3.63, 3.8) is 0 Å². The molecule has 1 aromatic heterocycles. The number of esters is 1. The molecule has 0 bridgehead atoms. The molecular weight excluding hydrogens is 408 g/mol. The summed E-state index contributed by atoms with van der Waals surface area (Å²) in [6.07, 6.45) is -0.668. The zero-order valence-electron chi connectivity index (χ0n) is 18.9. The maximum atomic E-state index is 12.3. The second-order valence-corrected chi connectivity index (χ2v) is 8.92. The van der Waals surface area contributed by atoms with E-state index in [9.17, 15) is 14.7 Å². The average Bonchev–Trinajstić information content (AvgIpc) is 2.72. The number of carbonyl (C=O) groups excluding carboxylic acids is 2. The van der Waals surface area contributed by atoms with Gasteiger partial charge in [-0.05, 0) is 56.3 Å². The number of aromatic hydroxyl groups is 1. The van der Waals surface area contributed by atoms with Gasteiger partial charge in [-0.25, -0.2) is 14.6 Å². The third-order valence-electron chi connectivity index (χ3n) is 4.43. The van der Waals surface area contributed by atoms with E-state index in [0.717, 1.165) is 5.39 Å². The summed E-state index contributed by atoms with van der Waals surface area (Å²) in [6, 6.07) is 13.9. The number of hydrogen-bond donors (Lipinski definition) is 2. The molecule has 168 valence electrons. The van der Waals surface area contributed by atoms with Crippen molar-refractivity contribution >= 4 is 28.5 Å². The molecule has 0 aliphatic carbocycles. The van der Waals surface area contributed by atoms with Crippen molar-refractivity contribution in [3.05, 3.63) is 54.2 Å². The van der Waals surface area contributed by atoms with Gasteiger partial charge in [0.2, 0.25) is 0 Å². The Labute approximate surface area is 187 Å². The second kappa shape index (κ2) is 9.26. The van der Waals surface area contributed by atoms with E-state index in [2.05, 4.69) is 10.3 Å². The van der Waals surface area contributed by atoms with E-state index >= 15 is 0 Å². The molecule has 32 heavy (non-hydrogen) atoms. The summed E-state index contributed by atoms with van der Waals surface area (Å²) in [7, 11) is 0. The van der Waals surface area contributed by atoms with Gasteiger partial charge in [-0.2, -0.15) is 0 Å². The number of phenols is 1. The number of hydrogen-bond acceptors (Lipinski definition) is 6. The van der Waals surface area contributed by atoms with E-state index in [-0.39, 0.29) is 23.0 Å². The van der Waals surface area contributed by atoms with E-state index in [0.29, 0.717) is 23.3 Å². The Hall–Kier alpha value is -3.61. The van der Waals surface area contributed by atoms with Crippen LogP contribution >= 0.6 is 0 Å². The van der Waals surface area contributed by atoms with Crippen LogP contribution in [0.1, 0.15) is 45.1 Å². The lowest BCUT2D eigenvalue weighted by Gasteiger charge is -2.20. The number of amides is 1.